The molecule has 0 unspecified atom stereocenters. The van der Waals surface area contributed by atoms with Crippen molar-refractivity contribution in [3.63, 3.8) is 0 Å². The van der Waals surface area contributed by atoms with Gasteiger partial charge >= 0.3 is 24.4 Å². The highest BCUT2D eigenvalue weighted by Crippen LogP contribution is 2.28. The van der Waals surface area contributed by atoms with Crippen molar-refractivity contribution in [3.05, 3.63) is 113 Å². The summed E-state index contributed by atoms with van der Waals surface area (Å²) in [5.41, 5.74) is 3.34. The summed E-state index contributed by atoms with van der Waals surface area (Å²) in [6, 6.07) is 31.1. The molecule has 1 N–H and O–H groups in total. The number of carbonyl (C=O) groups is 4. The van der Waals surface area contributed by atoms with Crippen LogP contribution in [0.2, 0.25) is 5.15 Å². The van der Waals surface area contributed by atoms with Gasteiger partial charge in [0.1, 0.15) is 58.9 Å². The second-order valence-electron chi connectivity index (χ2n) is 21.5. The van der Waals surface area contributed by atoms with Crippen molar-refractivity contribution < 1.29 is 38.1 Å². The number of aromatic nitrogens is 2. The SMILES string of the molecule is CC[C@H]1CN(C(=O)OC(C)(C)C)CCN1.CC[C@H]1CN(C(=O)OC(C)(C)C)CCN1c1cc(N2CCN(C(=O)OCc3ccccc3)CC2)cc(C#N)n1.N#Cc1cc(N2CCN(C(=O)OCc3ccccc3)CC2)cc(Cl)n1. The Morgan fingerprint density at radius 3 is 1.49 bits per heavy atom. The molecule has 4 aliphatic rings. The number of nitriles is 2. The zero-order chi connectivity index (χ0) is 57.1. The fourth-order valence-electron chi connectivity index (χ4n) is 9.12. The molecule has 20 nitrogen and oxygen atoms in total. The average Bonchev–Trinajstić information content (AvgIpc) is 3.47. The number of nitrogens with one attached hydrogen (secondary N) is 1. The van der Waals surface area contributed by atoms with E-state index in [0.717, 1.165) is 60.8 Å². The van der Waals surface area contributed by atoms with Crippen LogP contribution in [0, 0.1) is 22.7 Å². The minimum Gasteiger partial charge on any atom is -0.445 e. The highest BCUT2D eigenvalue weighted by Gasteiger charge is 2.33. The van der Waals surface area contributed by atoms with E-state index in [1.54, 1.807) is 37.8 Å². The maximum atomic E-state index is 12.7. The van der Waals surface area contributed by atoms with Crippen LogP contribution in [0.15, 0.2) is 84.9 Å². The Bertz CT molecular complexity index is 2710. The Morgan fingerprint density at radius 2 is 1.04 bits per heavy atom. The minimum absolute atomic E-state index is 0.0526. The molecule has 8 rings (SSSR count). The predicted octanol–water partition coefficient (Wildman–Crippen LogP) is 8.92. The summed E-state index contributed by atoms with van der Waals surface area (Å²) in [6.45, 7) is 24.7. The third-order valence-corrected chi connectivity index (χ3v) is 13.5. The van der Waals surface area contributed by atoms with Crippen molar-refractivity contribution >= 4 is 53.2 Å². The number of carbonyl (C=O) groups excluding carboxylic acids is 4. The van der Waals surface area contributed by atoms with E-state index < -0.39 is 11.2 Å². The van der Waals surface area contributed by atoms with Gasteiger partial charge in [0.25, 0.3) is 0 Å². The normalized spacial score (nSPS) is 17.6. The van der Waals surface area contributed by atoms with E-state index in [2.05, 4.69) is 49.9 Å². The number of benzene rings is 2. The quantitative estimate of drug-likeness (QED) is 0.122. The smallest absolute Gasteiger partial charge is 0.410 e. The van der Waals surface area contributed by atoms with Gasteiger partial charge in [0.15, 0.2) is 0 Å². The Kier molecular flexibility index (Phi) is 22.2. The third-order valence-electron chi connectivity index (χ3n) is 13.3. The molecule has 4 aromatic rings. The lowest BCUT2D eigenvalue weighted by Gasteiger charge is -2.42. The van der Waals surface area contributed by atoms with Crippen LogP contribution in [0.25, 0.3) is 0 Å². The van der Waals surface area contributed by atoms with Crippen molar-refractivity contribution in [2.75, 3.05) is 106 Å². The van der Waals surface area contributed by atoms with Gasteiger partial charge in [-0.1, -0.05) is 86.1 Å². The predicted molar refractivity (Wildman–Crippen MR) is 303 cm³/mol. The number of nitrogens with zero attached hydrogens (tertiary/aromatic N) is 11. The highest BCUT2D eigenvalue weighted by atomic mass is 35.5. The minimum atomic E-state index is -0.545. The summed E-state index contributed by atoms with van der Waals surface area (Å²) in [6.07, 6.45) is 0.729. The molecule has 2 atom stereocenters. The largest absolute Gasteiger partial charge is 0.445 e. The van der Waals surface area contributed by atoms with Gasteiger partial charge in [-0.3, -0.25) is 0 Å². The van der Waals surface area contributed by atoms with E-state index in [1.165, 1.54) is 0 Å². The Hall–Kier alpha value is -7.55. The van der Waals surface area contributed by atoms with Gasteiger partial charge in [0, 0.05) is 121 Å². The van der Waals surface area contributed by atoms with Crippen molar-refractivity contribution in [2.45, 2.75) is 105 Å². The first kappa shape index (κ1) is 60.7. The highest BCUT2D eigenvalue weighted by molar-refractivity contribution is 6.29. The molecule has 424 valence electrons. The van der Waals surface area contributed by atoms with Crippen molar-refractivity contribution in [3.8, 4) is 12.1 Å². The van der Waals surface area contributed by atoms with Crippen LogP contribution < -0.4 is 20.0 Å². The second-order valence-corrected chi connectivity index (χ2v) is 21.9. The summed E-state index contributed by atoms with van der Waals surface area (Å²) in [5, 5.41) is 22.4. The summed E-state index contributed by atoms with van der Waals surface area (Å²) < 4.78 is 21.8. The Labute approximate surface area is 470 Å². The van der Waals surface area contributed by atoms with Crippen LogP contribution in [0.1, 0.15) is 90.7 Å². The lowest BCUT2D eigenvalue weighted by Crippen LogP contribution is -2.55. The fourth-order valence-corrected chi connectivity index (χ4v) is 9.32. The van der Waals surface area contributed by atoms with Crippen LogP contribution in [-0.2, 0) is 32.2 Å². The van der Waals surface area contributed by atoms with Crippen molar-refractivity contribution in [1.82, 2.24) is 34.9 Å². The summed E-state index contributed by atoms with van der Waals surface area (Å²) in [7, 11) is 0. The zero-order valence-corrected chi connectivity index (χ0v) is 47.8. The number of pyridine rings is 2. The topological polar surface area (TPSA) is 213 Å². The molecule has 0 saturated carbocycles. The van der Waals surface area contributed by atoms with Gasteiger partial charge in [-0.05, 0) is 83.7 Å². The molecular formula is C58H77ClN12O8. The summed E-state index contributed by atoms with van der Waals surface area (Å²) in [4.78, 5) is 71.1. The zero-order valence-electron chi connectivity index (χ0n) is 47.0. The van der Waals surface area contributed by atoms with E-state index in [-0.39, 0.29) is 49.3 Å². The molecule has 0 aliphatic carbocycles. The maximum Gasteiger partial charge on any atom is 0.410 e. The molecule has 2 aromatic carbocycles. The molecule has 0 spiro atoms. The van der Waals surface area contributed by atoms with Gasteiger partial charge in [-0.25, -0.2) is 29.1 Å². The van der Waals surface area contributed by atoms with Crippen LogP contribution in [0.3, 0.4) is 0 Å². The molecule has 6 heterocycles. The monoisotopic (exact) mass is 1100 g/mol. The Balaban J connectivity index is 0.000000214. The van der Waals surface area contributed by atoms with Gasteiger partial charge < -0.3 is 58.6 Å². The number of anilines is 3. The van der Waals surface area contributed by atoms with Crippen molar-refractivity contribution in [2.24, 2.45) is 0 Å². The van der Waals surface area contributed by atoms with E-state index in [4.69, 9.17) is 35.8 Å². The standard InChI is InChI=1S/C29H38N6O4.C18H17ClN4O2.C11H22N2O2/c1-5-24-20-34(28(37)39-29(2,3)4)15-16-35(24)26-18-25(17-23(19-30)31-26)32-11-13-33(14-12-32)27(36)38-21-22-9-7-6-8-10-22;19-17-11-16(10-15(12-20)21-17)22-6-8-23(9-7-22)18(24)25-13-14-4-2-1-3-5-14;1-5-9-8-13(7-6-12-9)10(14)15-11(2,3)4/h6-10,17-18,24H,5,11-16,20-21H2,1-4H3;1-5,10-11H,6-9,13H2;9,12H,5-8H2,1-4H3/t24-;;9-/m0.0/s1. The van der Waals surface area contributed by atoms with Gasteiger partial charge in [-0.2, -0.15) is 10.5 Å². The molecule has 21 heteroatoms. The molecular weight excluding hydrogens is 1030 g/mol. The maximum absolute atomic E-state index is 12.7. The number of rotatable bonds is 9. The average molecular weight is 1110 g/mol. The molecule has 2 aromatic heterocycles. The molecule has 79 heavy (non-hydrogen) atoms. The third kappa shape index (κ3) is 19.1. The van der Waals surface area contributed by atoms with Crippen LogP contribution >= 0.6 is 11.6 Å². The Morgan fingerprint density at radius 1 is 0.582 bits per heavy atom. The number of hydrogen-bond acceptors (Lipinski definition) is 16. The second kappa shape index (κ2) is 28.9. The number of hydrogen-bond donors (Lipinski definition) is 1. The first-order chi connectivity index (χ1) is 37.7. The van der Waals surface area contributed by atoms with Crippen molar-refractivity contribution in [1.29, 1.82) is 10.5 Å². The first-order valence-corrected chi connectivity index (χ1v) is 27.5. The van der Waals surface area contributed by atoms with E-state index >= 15 is 0 Å². The number of piperazine rings is 4. The molecule has 4 saturated heterocycles. The molecule has 4 fully saturated rings. The van der Waals surface area contributed by atoms with Crippen LogP contribution in [0.5, 0.6) is 0 Å². The number of ether oxygens (including phenoxy) is 4. The van der Waals surface area contributed by atoms with Gasteiger partial charge in [0.2, 0.25) is 0 Å². The van der Waals surface area contributed by atoms with E-state index in [1.807, 2.05) is 114 Å². The molecule has 4 amide bonds. The summed E-state index contributed by atoms with van der Waals surface area (Å²) in [5.74, 6) is 0.726. The molecule has 0 radical (unpaired) electrons. The van der Waals surface area contributed by atoms with Gasteiger partial charge in [0.05, 0.1) is 0 Å². The molecule has 0 bridgehead atoms. The summed E-state index contributed by atoms with van der Waals surface area (Å²) >= 11 is 5.95. The van der Waals surface area contributed by atoms with Crippen LogP contribution in [-0.4, -0.2) is 169 Å². The van der Waals surface area contributed by atoms with Crippen LogP contribution in [0.4, 0.5) is 36.4 Å². The molecule has 4 aliphatic heterocycles. The lowest BCUT2D eigenvalue weighted by atomic mass is 10.1. The van der Waals surface area contributed by atoms with Gasteiger partial charge in [-0.15, -0.1) is 0 Å². The lowest BCUT2D eigenvalue weighted by molar-refractivity contribution is 0.0190. The van der Waals surface area contributed by atoms with E-state index in [0.29, 0.717) is 88.9 Å². The van der Waals surface area contributed by atoms with E-state index in [9.17, 15) is 24.4 Å². The number of amides is 4. The first-order valence-electron chi connectivity index (χ1n) is 27.1. The number of halogens is 1. The fraction of sp³-hybridized carbons (Fsp3) is 0.517.